The lowest BCUT2D eigenvalue weighted by molar-refractivity contribution is -0.129. The maximum absolute atomic E-state index is 12.3. The number of anilines is 1. The van der Waals surface area contributed by atoms with Crippen LogP contribution in [0.3, 0.4) is 0 Å². The van der Waals surface area contributed by atoms with Crippen LogP contribution in [0.4, 0.5) is 10.6 Å². The first-order valence-electron chi connectivity index (χ1n) is 8.06. The number of nitrogens with zero attached hydrogens (tertiary/aromatic N) is 2. The summed E-state index contributed by atoms with van der Waals surface area (Å²) in [6, 6.07) is 12.4. The van der Waals surface area contributed by atoms with E-state index in [9.17, 15) is 9.59 Å². The molecule has 1 aromatic carbocycles. The SMILES string of the molecule is CC(c1ccccc1)N1CC(NC(=O)Nc2cc(Cl)ccn2)CC1=O. The summed E-state index contributed by atoms with van der Waals surface area (Å²) in [4.78, 5) is 30.2. The van der Waals surface area contributed by atoms with Crippen molar-refractivity contribution in [3.63, 3.8) is 0 Å². The average molecular weight is 359 g/mol. The first kappa shape index (κ1) is 17.2. The Labute approximate surface area is 151 Å². The maximum Gasteiger partial charge on any atom is 0.320 e. The Balaban J connectivity index is 1.58. The molecule has 1 aliphatic rings. The Kier molecular flexibility index (Phi) is 5.19. The van der Waals surface area contributed by atoms with Crippen LogP contribution in [0.1, 0.15) is 24.9 Å². The Morgan fingerprint density at radius 2 is 2.08 bits per heavy atom. The number of hydrogen-bond donors (Lipinski definition) is 2. The monoisotopic (exact) mass is 358 g/mol. The normalized spacial score (nSPS) is 18.1. The minimum absolute atomic E-state index is 0.0295. The van der Waals surface area contributed by atoms with E-state index < -0.39 is 6.03 Å². The Morgan fingerprint density at radius 1 is 1.32 bits per heavy atom. The van der Waals surface area contributed by atoms with Crippen LogP contribution in [-0.2, 0) is 4.79 Å². The van der Waals surface area contributed by atoms with E-state index in [2.05, 4.69) is 15.6 Å². The molecule has 1 aliphatic heterocycles. The fourth-order valence-electron chi connectivity index (χ4n) is 2.93. The van der Waals surface area contributed by atoms with Crippen LogP contribution in [0, 0.1) is 0 Å². The van der Waals surface area contributed by atoms with Gasteiger partial charge in [-0.3, -0.25) is 10.1 Å². The van der Waals surface area contributed by atoms with Gasteiger partial charge in [-0.25, -0.2) is 9.78 Å². The second-order valence-corrected chi connectivity index (χ2v) is 6.43. The van der Waals surface area contributed by atoms with Gasteiger partial charge in [0.15, 0.2) is 0 Å². The smallest absolute Gasteiger partial charge is 0.320 e. The molecule has 130 valence electrons. The highest BCUT2D eigenvalue weighted by atomic mass is 35.5. The van der Waals surface area contributed by atoms with Gasteiger partial charge in [-0.15, -0.1) is 0 Å². The molecular formula is C18H19ClN4O2. The number of carbonyl (C=O) groups is 2. The zero-order valence-electron chi connectivity index (χ0n) is 13.8. The molecule has 25 heavy (non-hydrogen) atoms. The number of urea groups is 1. The number of likely N-dealkylation sites (tertiary alicyclic amines) is 1. The number of amides is 3. The molecule has 3 rings (SSSR count). The van der Waals surface area contributed by atoms with Crippen LogP contribution >= 0.6 is 11.6 Å². The second kappa shape index (κ2) is 7.53. The summed E-state index contributed by atoms with van der Waals surface area (Å²) in [6.45, 7) is 2.47. The van der Waals surface area contributed by atoms with Gasteiger partial charge in [-0.1, -0.05) is 41.9 Å². The van der Waals surface area contributed by atoms with Crippen LogP contribution in [0.15, 0.2) is 48.7 Å². The standard InChI is InChI=1S/C18H19ClN4O2/c1-12(13-5-3-2-4-6-13)23-11-15(10-17(23)24)21-18(25)22-16-9-14(19)7-8-20-16/h2-9,12,15H,10-11H2,1H3,(H2,20,21,22,25). The van der Waals surface area contributed by atoms with E-state index in [0.29, 0.717) is 17.4 Å². The fraction of sp³-hybridized carbons (Fsp3) is 0.278. The highest BCUT2D eigenvalue weighted by molar-refractivity contribution is 6.30. The Morgan fingerprint density at radius 3 is 2.80 bits per heavy atom. The van der Waals surface area contributed by atoms with E-state index in [1.165, 1.54) is 6.20 Å². The molecule has 2 aromatic rings. The van der Waals surface area contributed by atoms with E-state index in [1.807, 2.05) is 37.3 Å². The highest BCUT2D eigenvalue weighted by Gasteiger charge is 2.33. The van der Waals surface area contributed by atoms with E-state index in [1.54, 1.807) is 17.0 Å². The van der Waals surface area contributed by atoms with Crippen molar-refractivity contribution in [1.82, 2.24) is 15.2 Å². The van der Waals surface area contributed by atoms with Crippen molar-refractivity contribution < 1.29 is 9.59 Å². The number of pyridine rings is 1. The summed E-state index contributed by atoms with van der Waals surface area (Å²) in [5.41, 5.74) is 1.07. The van der Waals surface area contributed by atoms with Crippen molar-refractivity contribution in [2.24, 2.45) is 0 Å². The zero-order chi connectivity index (χ0) is 17.8. The third-order valence-corrected chi connectivity index (χ3v) is 4.44. The van der Waals surface area contributed by atoms with Crippen molar-refractivity contribution in [2.45, 2.75) is 25.4 Å². The van der Waals surface area contributed by atoms with Gasteiger partial charge in [0.1, 0.15) is 5.82 Å². The number of aromatic nitrogens is 1. The fourth-order valence-corrected chi connectivity index (χ4v) is 3.08. The molecule has 6 nitrogen and oxygen atoms in total. The van der Waals surface area contributed by atoms with Crippen molar-refractivity contribution in [3.05, 3.63) is 59.2 Å². The number of carbonyl (C=O) groups excluding carboxylic acids is 2. The molecule has 2 unspecified atom stereocenters. The summed E-state index contributed by atoms with van der Waals surface area (Å²) in [5.74, 6) is 0.395. The zero-order valence-corrected chi connectivity index (χ0v) is 14.5. The van der Waals surface area contributed by atoms with Gasteiger partial charge in [-0.05, 0) is 24.6 Å². The van der Waals surface area contributed by atoms with Gasteiger partial charge in [0.25, 0.3) is 0 Å². The van der Waals surface area contributed by atoms with Crippen LogP contribution < -0.4 is 10.6 Å². The molecule has 3 amide bonds. The number of hydrogen-bond acceptors (Lipinski definition) is 3. The predicted molar refractivity (Wildman–Crippen MR) is 96.4 cm³/mol. The summed E-state index contributed by atoms with van der Waals surface area (Å²) < 4.78 is 0. The average Bonchev–Trinajstić information content (AvgIpc) is 2.95. The third-order valence-electron chi connectivity index (χ3n) is 4.21. The van der Waals surface area contributed by atoms with E-state index in [0.717, 1.165) is 5.56 Å². The quantitative estimate of drug-likeness (QED) is 0.881. The van der Waals surface area contributed by atoms with Gasteiger partial charge >= 0.3 is 6.03 Å². The third kappa shape index (κ3) is 4.28. The summed E-state index contributed by atoms with van der Waals surface area (Å²) in [7, 11) is 0. The molecule has 0 bridgehead atoms. The Hall–Kier alpha value is -2.60. The molecule has 0 spiro atoms. The molecule has 2 atom stereocenters. The molecule has 0 radical (unpaired) electrons. The maximum atomic E-state index is 12.3. The molecule has 1 saturated heterocycles. The minimum Gasteiger partial charge on any atom is -0.334 e. The number of nitrogens with one attached hydrogen (secondary N) is 2. The summed E-state index contributed by atoms with van der Waals surface area (Å²) in [6.07, 6.45) is 1.80. The number of halogens is 1. The largest absolute Gasteiger partial charge is 0.334 e. The van der Waals surface area contributed by atoms with E-state index >= 15 is 0 Å². The van der Waals surface area contributed by atoms with Crippen molar-refractivity contribution in [3.8, 4) is 0 Å². The van der Waals surface area contributed by atoms with E-state index in [4.69, 9.17) is 11.6 Å². The molecule has 0 aliphatic carbocycles. The first-order valence-corrected chi connectivity index (χ1v) is 8.44. The lowest BCUT2D eigenvalue weighted by Gasteiger charge is -2.25. The lowest BCUT2D eigenvalue weighted by Crippen LogP contribution is -2.40. The van der Waals surface area contributed by atoms with Gasteiger partial charge < -0.3 is 10.2 Å². The first-order chi connectivity index (χ1) is 12.0. The molecule has 7 heteroatoms. The molecule has 1 aromatic heterocycles. The Bertz CT molecular complexity index is 769. The van der Waals surface area contributed by atoms with Gasteiger partial charge in [0.2, 0.25) is 5.91 Å². The van der Waals surface area contributed by atoms with Crippen LogP contribution in [-0.4, -0.2) is 34.4 Å². The molecule has 2 N–H and O–H groups in total. The second-order valence-electron chi connectivity index (χ2n) is 5.99. The van der Waals surface area contributed by atoms with Gasteiger partial charge in [-0.2, -0.15) is 0 Å². The molecule has 2 heterocycles. The topological polar surface area (TPSA) is 74.3 Å². The van der Waals surface area contributed by atoms with Crippen molar-refractivity contribution >= 4 is 29.4 Å². The highest BCUT2D eigenvalue weighted by Crippen LogP contribution is 2.25. The number of rotatable bonds is 4. The molecule has 1 fully saturated rings. The van der Waals surface area contributed by atoms with Crippen LogP contribution in [0.5, 0.6) is 0 Å². The van der Waals surface area contributed by atoms with Crippen LogP contribution in [0.25, 0.3) is 0 Å². The summed E-state index contributed by atoms with van der Waals surface area (Å²) >= 11 is 5.87. The van der Waals surface area contributed by atoms with Crippen LogP contribution in [0.2, 0.25) is 5.02 Å². The van der Waals surface area contributed by atoms with Gasteiger partial charge in [0, 0.05) is 24.2 Å². The molecule has 0 saturated carbocycles. The summed E-state index contributed by atoms with van der Waals surface area (Å²) in [5, 5.41) is 5.93. The van der Waals surface area contributed by atoms with Gasteiger partial charge in [0.05, 0.1) is 12.1 Å². The minimum atomic E-state index is -0.401. The van der Waals surface area contributed by atoms with Crippen molar-refractivity contribution in [2.75, 3.05) is 11.9 Å². The number of benzene rings is 1. The van der Waals surface area contributed by atoms with E-state index in [-0.39, 0.29) is 24.4 Å². The lowest BCUT2D eigenvalue weighted by atomic mass is 10.1. The molecular weight excluding hydrogens is 340 g/mol. The predicted octanol–water partition coefficient (Wildman–Crippen LogP) is 3.22. The van der Waals surface area contributed by atoms with Crippen molar-refractivity contribution in [1.29, 1.82) is 0 Å².